The van der Waals surface area contributed by atoms with Gasteiger partial charge < -0.3 is 9.84 Å². The van der Waals surface area contributed by atoms with Crippen LogP contribution >= 0.6 is 0 Å². The molecule has 5 heteroatoms. The van der Waals surface area contributed by atoms with E-state index < -0.39 is 22.9 Å². The van der Waals surface area contributed by atoms with Crippen LogP contribution in [0.3, 0.4) is 0 Å². The lowest BCUT2D eigenvalue weighted by atomic mass is 10.0. The van der Waals surface area contributed by atoms with Gasteiger partial charge in [0.1, 0.15) is 0 Å². The fraction of sp³-hybridized carbons (Fsp3) is 0.917. The third-order valence-corrected chi connectivity index (χ3v) is 5.57. The number of carboxylic acid groups (broad SMARTS) is 1. The molecule has 2 aliphatic rings. The maximum Gasteiger partial charge on any atom is 0.332 e. The molecule has 0 amide bonds. The van der Waals surface area contributed by atoms with E-state index in [0.29, 0.717) is 17.4 Å². The molecule has 0 radical (unpaired) electrons. The highest BCUT2D eigenvalue weighted by atomic mass is 32.2. The van der Waals surface area contributed by atoms with Crippen molar-refractivity contribution in [3.05, 3.63) is 0 Å². The Labute approximate surface area is 104 Å². The molecule has 1 saturated carbocycles. The van der Waals surface area contributed by atoms with E-state index in [1.807, 2.05) is 0 Å². The van der Waals surface area contributed by atoms with Crippen molar-refractivity contribution in [2.24, 2.45) is 0 Å². The van der Waals surface area contributed by atoms with E-state index in [-0.39, 0.29) is 6.10 Å². The second-order valence-corrected chi connectivity index (χ2v) is 6.73. The van der Waals surface area contributed by atoms with E-state index >= 15 is 0 Å². The number of hydrogen-bond donors (Lipinski definition) is 1. The van der Waals surface area contributed by atoms with Gasteiger partial charge in [-0.3, -0.25) is 4.21 Å². The summed E-state index contributed by atoms with van der Waals surface area (Å²) in [6.07, 6.45) is 6.23. The average molecular weight is 260 g/mol. The Balaban J connectivity index is 1.77. The first-order valence-electron chi connectivity index (χ1n) is 6.42. The number of carboxylic acids is 1. The van der Waals surface area contributed by atoms with Crippen LogP contribution < -0.4 is 0 Å². The van der Waals surface area contributed by atoms with Gasteiger partial charge in [0.05, 0.1) is 11.9 Å². The molecule has 3 unspecified atom stereocenters. The summed E-state index contributed by atoms with van der Waals surface area (Å²) in [6, 6.07) is 0. The summed E-state index contributed by atoms with van der Waals surface area (Å²) >= 11 is 0. The van der Waals surface area contributed by atoms with Crippen molar-refractivity contribution < 1.29 is 18.8 Å². The number of ether oxygens (including phenoxy) is 1. The predicted molar refractivity (Wildman–Crippen MR) is 65.4 cm³/mol. The summed E-state index contributed by atoms with van der Waals surface area (Å²) in [5.41, 5.74) is 0. The van der Waals surface area contributed by atoms with Crippen LogP contribution in [0.2, 0.25) is 0 Å². The quantitative estimate of drug-likeness (QED) is 0.835. The third kappa shape index (κ3) is 3.52. The topological polar surface area (TPSA) is 63.6 Å². The van der Waals surface area contributed by atoms with E-state index in [2.05, 4.69) is 0 Å². The Morgan fingerprint density at radius 3 is 2.47 bits per heavy atom. The van der Waals surface area contributed by atoms with Crippen LogP contribution in [0.1, 0.15) is 44.9 Å². The molecule has 1 aliphatic carbocycles. The Morgan fingerprint density at radius 1 is 1.18 bits per heavy atom. The van der Waals surface area contributed by atoms with Crippen molar-refractivity contribution in [3.8, 4) is 0 Å². The van der Waals surface area contributed by atoms with Gasteiger partial charge in [0, 0.05) is 16.0 Å². The zero-order valence-electron chi connectivity index (χ0n) is 9.97. The third-order valence-electron chi connectivity index (χ3n) is 3.66. The highest BCUT2D eigenvalue weighted by molar-refractivity contribution is 7.85. The fourth-order valence-corrected chi connectivity index (χ4v) is 4.40. The lowest BCUT2D eigenvalue weighted by molar-refractivity contribution is -0.148. The van der Waals surface area contributed by atoms with Crippen molar-refractivity contribution in [1.29, 1.82) is 0 Å². The predicted octanol–water partition coefficient (Wildman–Crippen LogP) is 1.70. The van der Waals surface area contributed by atoms with Gasteiger partial charge in [-0.15, -0.1) is 0 Å². The Hall–Kier alpha value is -0.420. The Morgan fingerprint density at radius 2 is 1.88 bits per heavy atom. The van der Waals surface area contributed by atoms with E-state index in [1.165, 1.54) is 19.3 Å². The number of hydrogen-bond acceptors (Lipinski definition) is 3. The van der Waals surface area contributed by atoms with Crippen LogP contribution in [0.4, 0.5) is 0 Å². The maximum atomic E-state index is 12.1. The van der Waals surface area contributed by atoms with Crippen LogP contribution in [0, 0.1) is 0 Å². The molecular formula is C12H20O4S. The van der Waals surface area contributed by atoms with Crippen molar-refractivity contribution in [2.45, 2.75) is 62.4 Å². The molecule has 98 valence electrons. The molecule has 0 aromatic carbocycles. The largest absolute Gasteiger partial charge is 0.479 e. The SMILES string of the molecule is O=C(O)C1CCC(CS(=O)C2CCCCC2)O1. The molecule has 17 heavy (non-hydrogen) atoms. The summed E-state index contributed by atoms with van der Waals surface area (Å²) in [5, 5.41) is 9.13. The van der Waals surface area contributed by atoms with Crippen molar-refractivity contribution in [1.82, 2.24) is 0 Å². The second kappa shape index (κ2) is 5.96. The normalized spacial score (nSPS) is 32.5. The van der Waals surface area contributed by atoms with E-state index in [9.17, 15) is 9.00 Å². The number of carbonyl (C=O) groups is 1. The van der Waals surface area contributed by atoms with Crippen molar-refractivity contribution in [2.75, 3.05) is 5.75 Å². The van der Waals surface area contributed by atoms with Gasteiger partial charge in [-0.2, -0.15) is 0 Å². The summed E-state index contributed by atoms with van der Waals surface area (Å²) in [6.45, 7) is 0. The zero-order valence-corrected chi connectivity index (χ0v) is 10.8. The minimum Gasteiger partial charge on any atom is -0.479 e. The highest BCUT2D eigenvalue weighted by Gasteiger charge is 2.32. The van der Waals surface area contributed by atoms with Crippen LogP contribution in [-0.4, -0.2) is 38.5 Å². The first-order chi connectivity index (χ1) is 8.16. The first kappa shape index (κ1) is 13.0. The summed E-state index contributed by atoms with van der Waals surface area (Å²) < 4.78 is 17.5. The molecule has 0 aromatic heterocycles. The fourth-order valence-electron chi connectivity index (χ4n) is 2.66. The van der Waals surface area contributed by atoms with Crippen molar-refractivity contribution in [3.63, 3.8) is 0 Å². The second-order valence-electron chi connectivity index (χ2n) is 4.97. The van der Waals surface area contributed by atoms with Crippen LogP contribution in [-0.2, 0) is 20.3 Å². The molecule has 0 spiro atoms. The van der Waals surface area contributed by atoms with Gasteiger partial charge in [-0.05, 0) is 25.7 Å². The summed E-state index contributed by atoms with van der Waals surface area (Å²) in [5.74, 6) is -0.370. The molecule has 1 saturated heterocycles. The molecule has 1 heterocycles. The zero-order chi connectivity index (χ0) is 12.3. The number of aliphatic carboxylic acids is 1. The molecule has 0 aromatic rings. The van der Waals surface area contributed by atoms with E-state index in [0.717, 1.165) is 19.3 Å². The minimum absolute atomic E-state index is 0.112. The molecule has 4 nitrogen and oxygen atoms in total. The van der Waals surface area contributed by atoms with Crippen molar-refractivity contribution >= 4 is 16.8 Å². The van der Waals surface area contributed by atoms with Crippen LogP contribution in [0.5, 0.6) is 0 Å². The number of rotatable bonds is 4. The van der Waals surface area contributed by atoms with E-state index in [1.54, 1.807) is 0 Å². The highest BCUT2D eigenvalue weighted by Crippen LogP contribution is 2.26. The smallest absolute Gasteiger partial charge is 0.332 e. The van der Waals surface area contributed by atoms with Gasteiger partial charge in [0.15, 0.2) is 6.10 Å². The van der Waals surface area contributed by atoms with Gasteiger partial charge >= 0.3 is 5.97 Å². The summed E-state index contributed by atoms with van der Waals surface area (Å²) in [7, 11) is -0.842. The standard InChI is InChI=1S/C12H20O4S/c13-12(14)11-7-6-9(16-11)8-17(15)10-4-2-1-3-5-10/h9-11H,1-8H2,(H,13,14). The van der Waals surface area contributed by atoms with Crippen LogP contribution in [0.15, 0.2) is 0 Å². The monoisotopic (exact) mass is 260 g/mol. The average Bonchev–Trinajstić information content (AvgIpc) is 2.79. The molecular weight excluding hydrogens is 240 g/mol. The summed E-state index contributed by atoms with van der Waals surface area (Å²) in [4.78, 5) is 10.7. The Bertz CT molecular complexity index is 299. The lowest BCUT2D eigenvalue weighted by Gasteiger charge is -2.22. The van der Waals surface area contributed by atoms with Gasteiger partial charge in [0.25, 0.3) is 0 Å². The van der Waals surface area contributed by atoms with Gasteiger partial charge in [-0.25, -0.2) is 4.79 Å². The lowest BCUT2D eigenvalue weighted by Crippen LogP contribution is -2.28. The molecule has 3 atom stereocenters. The maximum absolute atomic E-state index is 12.1. The minimum atomic E-state index is -0.893. The first-order valence-corrected chi connectivity index (χ1v) is 7.80. The Kier molecular flexibility index (Phi) is 4.56. The van der Waals surface area contributed by atoms with Gasteiger partial charge in [0.2, 0.25) is 0 Å². The molecule has 0 bridgehead atoms. The molecule has 1 N–H and O–H groups in total. The molecule has 2 fully saturated rings. The van der Waals surface area contributed by atoms with Crippen LogP contribution in [0.25, 0.3) is 0 Å². The van der Waals surface area contributed by atoms with E-state index in [4.69, 9.17) is 9.84 Å². The molecule has 1 aliphatic heterocycles. The van der Waals surface area contributed by atoms with Gasteiger partial charge in [-0.1, -0.05) is 19.3 Å². The molecule has 2 rings (SSSR count).